The van der Waals surface area contributed by atoms with Crippen LogP contribution in [0.4, 0.5) is 0 Å². The predicted octanol–water partition coefficient (Wildman–Crippen LogP) is 6.04. The van der Waals surface area contributed by atoms with Gasteiger partial charge in [0.05, 0.1) is 4.43 Å². The molecule has 0 aromatic rings. The zero-order valence-corrected chi connectivity index (χ0v) is 17.1. The number of hydrogen-bond acceptors (Lipinski definition) is 1. The molecular formula is C21H33IO. The average Bonchev–Trinajstić information content (AvgIpc) is 2.91. The van der Waals surface area contributed by atoms with Gasteiger partial charge in [-0.3, -0.25) is 4.79 Å². The molecule has 0 radical (unpaired) electrons. The second kappa shape index (κ2) is 5.99. The van der Waals surface area contributed by atoms with E-state index < -0.39 is 0 Å². The van der Waals surface area contributed by atoms with Crippen LogP contribution in [0.15, 0.2) is 0 Å². The Kier molecular flexibility index (Phi) is 4.38. The normalized spacial score (nSPS) is 52.4. The van der Waals surface area contributed by atoms with Crippen LogP contribution in [0.5, 0.6) is 0 Å². The van der Waals surface area contributed by atoms with Crippen molar-refractivity contribution in [1.82, 2.24) is 0 Å². The second-order valence-corrected chi connectivity index (χ2v) is 10.4. The summed E-state index contributed by atoms with van der Waals surface area (Å²) in [5.41, 5.74) is 0.967. The van der Waals surface area contributed by atoms with Crippen molar-refractivity contribution in [3.63, 3.8) is 0 Å². The van der Waals surface area contributed by atoms with Gasteiger partial charge in [-0.25, -0.2) is 0 Å². The largest absolute Gasteiger partial charge is 0.299 e. The van der Waals surface area contributed by atoms with Crippen molar-refractivity contribution in [2.75, 3.05) is 4.43 Å². The Morgan fingerprint density at radius 1 is 0.913 bits per heavy atom. The van der Waals surface area contributed by atoms with Gasteiger partial charge in [0.25, 0.3) is 0 Å². The Hall–Kier alpha value is 0.400. The number of carbonyl (C=O) groups is 1. The van der Waals surface area contributed by atoms with Crippen molar-refractivity contribution in [3.8, 4) is 0 Å². The van der Waals surface area contributed by atoms with Crippen LogP contribution in [0, 0.1) is 40.4 Å². The van der Waals surface area contributed by atoms with E-state index in [0.29, 0.717) is 22.5 Å². The molecule has 4 aliphatic carbocycles. The molecule has 1 nitrogen and oxygen atoms in total. The van der Waals surface area contributed by atoms with E-state index in [0.717, 1.165) is 28.1 Å². The molecule has 4 aliphatic rings. The Labute approximate surface area is 155 Å². The third kappa shape index (κ3) is 2.39. The molecule has 0 saturated heterocycles. The van der Waals surface area contributed by atoms with Crippen molar-refractivity contribution < 1.29 is 4.79 Å². The number of halogens is 1. The minimum atomic E-state index is 0.335. The summed E-state index contributed by atoms with van der Waals surface area (Å²) in [6.07, 6.45) is 14.1. The number of alkyl halides is 1. The fourth-order valence-electron chi connectivity index (χ4n) is 7.92. The van der Waals surface area contributed by atoms with E-state index in [-0.39, 0.29) is 0 Å². The molecule has 23 heavy (non-hydrogen) atoms. The lowest BCUT2D eigenvalue weighted by molar-refractivity contribution is -0.132. The highest BCUT2D eigenvalue weighted by Crippen LogP contribution is 2.67. The maximum Gasteiger partial charge on any atom is 0.146 e. The van der Waals surface area contributed by atoms with Gasteiger partial charge < -0.3 is 0 Å². The van der Waals surface area contributed by atoms with Gasteiger partial charge in [-0.1, -0.05) is 49.3 Å². The van der Waals surface area contributed by atoms with Gasteiger partial charge in [-0.15, -0.1) is 0 Å². The van der Waals surface area contributed by atoms with Crippen LogP contribution in [0.1, 0.15) is 78.1 Å². The molecule has 0 N–H and O–H groups in total. The Balaban J connectivity index is 1.61. The van der Waals surface area contributed by atoms with Crippen LogP contribution >= 0.6 is 22.6 Å². The monoisotopic (exact) mass is 428 g/mol. The number of hydrogen-bond donors (Lipinski definition) is 0. The molecule has 4 saturated carbocycles. The minimum Gasteiger partial charge on any atom is -0.299 e. The first-order chi connectivity index (χ1) is 11.0. The SMILES string of the molecule is C[C@]12CCCC[C@@H]1CC[C@@H]1[C@@H]2CC[C@]2(C)[C@@H](C(=O)CI)CC[C@@H]12. The topological polar surface area (TPSA) is 17.1 Å². The van der Waals surface area contributed by atoms with Crippen molar-refractivity contribution in [3.05, 3.63) is 0 Å². The van der Waals surface area contributed by atoms with Crippen LogP contribution < -0.4 is 0 Å². The molecule has 130 valence electrons. The first-order valence-corrected chi connectivity index (χ1v) is 11.6. The molecule has 0 bridgehead atoms. The molecule has 0 aromatic heterocycles. The van der Waals surface area contributed by atoms with Gasteiger partial charge in [-0.2, -0.15) is 0 Å². The standard InChI is InChI=1S/C21H33IO/c1-20-11-4-3-5-14(20)6-7-15-16-8-9-18(19(23)13-22)21(16,2)12-10-17(15)20/h14-18H,3-13H2,1-2H3/t14-,15+,16+,17+,18-,20+,21+/m1/s1. The smallest absolute Gasteiger partial charge is 0.146 e. The van der Waals surface area contributed by atoms with Gasteiger partial charge in [0.1, 0.15) is 5.78 Å². The number of carbonyl (C=O) groups excluding carboxylic acids is 1. The summed E-state index contributed by atoms with van der Waals surface area (Å²) in [6, 6.07) is 0. The van der Waals surface area contributed by atoms with Crippen molar-refractivity contribution in [2.24, 2.45) is 40.4 Å². The molecule has 0 aromatic carbocycles. The number of fused-ring (bicyclic) bond motifs is 5. The Bertz CT molecular complexity index is 488. The maximum absolute atomic E-state index is 12.5. The van der Waals surface area contributed by atoms with Gasteiger partial charge in [0, 0.05) is 5.92 Å². The predicted molar refractivity (Wildman–Crippen MR) is 104 cm³/mol. The quantitative estimate of drug-likeness (QED) is 0.387. The van der Waals surface area contributed by atoms with E-state index >= 15 is 0 Å². The summed E-state index contributed by atoms with van der Waals surface area (Å²) in [7, 11) is 0. The van der Waals surface area contributed by atoms with Crippen LogP contribution in [-0.4, -0.2) is 10.2 Å². The zero-order valence-electron chi connectivity index (χ0n) is 15.0. The lowest BCUT2D eigenvalue weighted by Gasteiger charge is -2.60. The van der Waals surface area contributed by atoms with Crippen LogP contribution in [0.2, 0.25) is 0 Å². The fraction of sp³-hybridized carbons (Fsp3) is 0.952. The van der Waals surface area contributed by atoms with E-state index in [1.54, 1.807) is 0 Å². The van der Waals surface area contributed by atoms with E-state index in [1.807, 2.05) is 0 Å². The van der Waals surface area contributed by atoms with Gasteiger partial charge in [0.2, 0.25) is 0 Å². The summed E-state index contributed by atoms with van der Waals surface area (Å²) in [5.74, 6) is 4.68. The van der Waals surface area contributed by atoms with Crippen LogP contribution in [-0.2, 0) is 4.79 Å². The number of Topliss-reactive ketones (excluding diaryl/α,β-unsaturated/α-hetero) is 1. The minimum absolute atomic E-state index is 0.335. The second-order valence-electron chi connectivity index (χ2n) is 9.68. The molecule has 2 heteroatoms. The highest BCUT2D eigenvalue weighted by Gasteiger charge is 2.60. The third-order valence-corrected chi connectivity index (χ3v) is 9.86. The van der Waals surface area contributed by atoms with E-state index in [9.17, 15) is 4.79 Å². The molecule has 0 aliphatic heterocycles. The first-order valence-electron chi connectivity index (χ1n) is 10.1. The van der Waals surface area contributed by atoms with Gasteiger partial charge in [0.15, 0.2) is 0 Å². The van der Waals surface area contributed by atoms with Gasteiger partial charge in [-0.05, 0) is 85.9 Å². The van der Waals surface area contributed by atoms with E-state index in [1.165, 1.54) is 64.2 Å². The van der Waals surface area contributed by atoms with Gasteiger partial charge >= 0.3 is 0 Å². The Morgan fingerprint density at radius 3 is 2.48 bits per heavy atom. The summed E-state index contributed by atoms with van der Waals surface area (Å²) in [6.45, 7) is 5.14. The molecule has 0 unspecified atom stereocenters. The van der Waals surface area contributed by atoms with Crippen molar-refractivity contribution in [2.45, 2.75) is 78.1 Å². The fourth-order valence-corrected chi connectivity index (χ4v) is 8.45. The number of ketones is 1. The average molecular weight is 428 g/mol. The lowest BCUT2D eigenvalue weighted by atomic mass is 9.45. The zero-order chi connectivity index (χ0) is 16.2. The molecule has 4 rings (SSSR count). The lowest BCUT2D eigenvalue weighted by Crippen LogP contribution is -2.53. The number of rotatable bonds is 2. The van der Waals surface area contributed by atoms with E-state index in [4.69, 9.17) is 0 Å². The maximum atomic E-state index is 12.5. The molecule has 4 fully saturated rings. The summed E-state index contributed by atoms with van der Waals surface area (Å²) >= 11 is 2.29. The highest BCUT2D eigenvalue weighted by molar-refractivity contribution is 14.1. The summed E-state index contributed by atoms with van der Waals surface area (Å²) < 4.78 is 0.721. The molecule has 0 amide bonds. The first kappa shape index (κ1) is 16.8. The molecule has 0 spiro atoms. The van der Waals surface area contributed by atoms with Crippen LogP contribution in [0.25, 0.3) is 0 Å². The highest BCUT2D eigenvalue weighted by atomic mass is 127. The molecule has 0 heterocycles. The van der Waals surface area contributed by atoms with E-state index in [2.05, 4.69) is 36.4 Å². The van der Waals surface area contributed by atoms with Crippen LogP contribution in [0.3, 0.4) is 0 Å². The van der Waals surface area contributed by atoms with Crippen molar-refractivity contribution >= 4 is 28.4 Å². The third-order valence-electron chi connectivity index (χ3n) is 9.10. The summed E-state index contributed by atoms with van der Waals surface area (Å²) in [4.78, 5) is 12.5. The summed E-state index contributed by atoms with van der Waals surface area (Å²) in [5, 5.41) is 0. The van der Waals surface area contributed by atoms with Crippen molar-refractivity contribution in [1.29, 1.82) is 0 Å². The molecular weight excluding hydrogens is 395 g/mol. The Morgan fingerprint density at radius 2 is 1.70 bits per heavy atom. The molecule has 7 atom stereocenters.